The van der Waals surface area contributed by atoms with Crippen LogP contribution in [0.15, 0.2) is 30.4 Å². The molecule has 1 unspecified atom stereocenters. The lowest BCUT2D eigenvalue weighted by molar-refractivity contribution is -0.167. The number of benzene rings is 1. The van der Waals surface area contributed by atoms with E-state index < -0.39 is 18.2 Å². The Labute approximate surface area is 130 Å². The van der Waals surface area contributed by atoms with Gasteiger partial charge in [0.15, 0.2) is 6.10 Å². The van der Waals surface area contributed by atoms with E-state index in [9.17, 15) is 22.8 Å². The molecule has 2 rings (SSSR count). The molecule has 1 aliphatic heterocycles. The summed E-state index contributed by atoms with van der Waals surface area (Å²) in [6, 6.07) is 3.96. The summed E-state index contributed by atoms with van der Waals surface area (Å²) in [6.45, 7) is 7.24. The van der Waals surface area contributed by atoms with Crippen LogP contribution in [0.3, 0.4) is 0 Å². The fourth-order valence-electron chi connectivity index (χ4n) is 2.12. The number of rotatable bonds is 3. The van der Waals surface area contributed by atoms with Crippen molar-refractivity contribution in [2.45, 2.75) is 26.1 Å². The van der Waals surface area contributed by atoms with Crippen molar-refractivity contribution in [3.63, 3.8) is 0 Å². The van der Waals surface area contributed by atoms with Gasteiger partial charge >= 0.3 is 12.1 Å². The van der Waals surface area contributed by atoms with Crippen molar-refractivity contribution in [1.82, 2.24) is 0 Å². The molecule has 0 radical (unpaired) electrons. The Morgan fingerprint density at radius 1 is 1.43 bits per heavy atom. The second-order valence-corrected chi connectivity index (χ2v) is 5.28. The first-order chi connectivity index (χ1) is 10.6. The summed E-state index contributed by atoms with van der Waals surface area (Å²) < 4.78 is 42.4. The normalized spacial score (nSPS) is 17.3. The number of hydrogen-bond donors (Lipinski definition) is 1. The van der Waals surface area contributed by atoms with Gasteiger partial charge in [0.05, 0.1) is 5.69 Å². The van der Waals surface area contributed by atoms with E-state index in [2.05, 4.69) is 6.58 Å². The molecule has 1 atom stereocenters. The number of nitrogens with zero attached hydrogens (tertiary/aromatic N) is 1. The minimum atomic E-state index is -4.99. The molecule has 1 aromatic rings. The highest BCUT2D eigenvalue weighted by Crippen LogP contribution is 2.37. The molecule has 0 bridgehead atoms. The molecule has 0 saturated carbocycles. The van der Waals surface area contributed by atoms with Crippen LogP contribution in [0, 0.1) is 0 Å². The molecule has 1 heterocycles. The van der Waals surface area contributed by atoms with Crippen molar-refractivity contribution in [2.75, 3.05) is 16.8 Å². The number of amides is 2. The smallest absolute Gasteiger partial charge is 0.471 e. The van der Waals surface area contributed by atoms with Crippen molar-refractivity contribution >= 4 is 23.2 Å². The van der Waals surface area contributed by atoms with Crippen LogP contribution in [0.4, 0.5) is 24.5 Å². The first-order valence-electron chi connectivity index (χ1n) is 6.74. The lowest BCUT2D eigenvalue weighted by atomic mass is 10.1. The van der Waals surface area contributed by atoms with Crippen LogP contribution in [-0.2, 0) is 9.59 Å². The minimum Gasteiger partial charge on any atom is -0.479 e. The van der Waals surface area contributed by atoms with Gasteiger partial charge < -0.3 is 15.0 Å². The van der Waals surface area contributed by atoms with E-state index in [1.807, 2.05) is 0 Å². The molecule has 8 heteroatoms. The second kappa shape index (κ2) is 5.94. The standard InChI is InChI=1S/C15H15F3N2O3/c1-8(2)7-20-11-6-10(19-14(22)15(16,17)18)4-5-12(11)23-9(3)13(20)21/h4-6,9H,1,7H2,2-3H3,(H,19,22). The largest absolute Gasteiger partial charge is 0.479 e. The first-order valence-corrected chi connectivity index (χ1v) is 6.74. The molecule has 1 aromatic carbocycles. The van der Waals surface area contributed by atoms with Gasteiger partial charge in [-0.2, -0.15) is 13.2 Å². The van der Waals surface area contributed by atoms with E-state index in [-0.39, 0.29) is 23.8 Å². The summed E-state index contributed by atoms with van der Waals surface area (Å²) >= 11 is 0. The van der Waals surface area contributed by atoms with E-state index >= 15 is 0 Å². The Hall–Kier alpha value is -2.51. The Kier molecular flexibility index (Phi) is 4.35. The van der Waals surface area contributed by atoms with Gasteiger partial charge in [-0.25, -0.2) is 0 Å². The number of halogens is 3. The average molecular weight is 328 g/mol. The third kappa shape index (κ3) is 3.64. The predicted octanol–water partition coefficient (Wildman–Crippen LogP) is 2.88. The fraction of sp³-hybridized carbons (Fsp3) is 0.333. The molecule has 0 fully saturated rings. The zero-order chi connectivity index (χ0) is 17.4. The maximum Gasteiger partial charge on any atom is 0.471 e. The highest BCUT2D eigenvalue weighted by atomic mass is 19.4. The summed E-state index contributed by atoms with van der Waals surface area (Å²) in [4.78, 5) is 24.6. The van der Waals surface area contributed by atoms with Gasteiger partial charge in [-0.1, -0.05) is 12.2 Å². The molecule has 124 valence electrons. The van der Waals surface area contributed by atoms with Crippen LogP contribution in [0.2, 0.25) is 0 Å². The molecule has 0 spiro atoms. The number of nitrogens with one attached hydrogen (secondary N) is 1. The highest BCUT2D eigenvalue weighted by molar-refractivity contribution is 6.02. The fourth-order valence-corrected chi connectivity index (χ4v) is 2.12. The molecular formula is C15H15F3N2O3. The summed E-state index contributed by atoms with van der Waals surface area (Å²) in [5.74, 6) is -2.07. The number of anilines is 2. The highest BCUT2D eigenvalue weighted by Gasteiger charge is 2.39. The third-order valence-electron chi connectivity index (χ3n) is 3.11. The van der Waals surface area contributed by atoms with Crippen molar-refractivity contribution in [2.24, 2.45) is 0 Å². The number of ether oxygens (including phenoxy) is 1. The van der Waals surface area contributed by atoms with Gasteiger partial charge in [-0.3, -0.25) is 9.59 Å². The zero-order valence-electron chi connectivity index (χ0n) is 12.5. The van der Waals surface area contributed by atoms with Crippen LogP contribution in [0.1, 0.15) is 13.8 Å². The molecule has 23 heavy (non-hydrogen) atoms. The molecule has 0 saturated heterocycles. The Balaban J connectivity index is 2.36. The van der Waals surface area contributed by atoms with Crippen LogP contribution in [0.25, 0.3) is 0 Å². The van der Waals surface area contributed by atoms with Gasteiger partial charge in [0, 0.05) is 12.2 Å². The number of alkyl halides is 3. The van der Waals surface area contributed by atoms with Gasteiger partial charge in [0.1, 0.15) is 5.75 Å². The number of carbonyl (C=O) groups is 2. The minimum absolute atomic E-state index is 0.0799. The Morgan fingerprint density at radius 2 is 2.09 bits per heavy atom. The monoisotopic (exact) mass is 328 g/mol. The molecule has 1 N–H and O–H groups in total. The van der Waals surface area contributed by atoms with Gasteiger partial charge in [-0.15, -0.1) is 0 Å². The summed E-state index contributed by atoms with van der Waals surface area (Å²) in [5, 5.41) is 1.75. The van der Waals surface area contributed by atoms with E-state index in [0.717, 1.165) is 0 Å². The van der Waals surface area contributed by atoms with E-state index in [1.54, 1.807) is 19.2 Å². The van der Waals surface area contributed by atoms with Crippen LogP contribution in [-0.4, -0.2) is 30.6 Å². The van der Waals surface area contributed by atoms with Crippen LogP contribution < -0.4 is 15.0 Å². The van der Waals surface area contributed by atoms with Gasteiger partial charge in [-0.05, 0) is 32.0 Å². The second-order valence-electron chi connectivity index (χ2n) is 5.28. The lowest BCUT2D eigenvalue weighted by Gasteiger charge is -2.33. The molecule has 5 nitrogen and oxygen atoms in total. The molecule has 1 aliphatic rings. The quantitative estimate of drug-likeness (QED) is 0.868. The van der Waals surface area contributed by atoms with E-state index in [4.69, 9.17) is 4.74 Å². The summed E-state index contributed by atoms with van der Waals surface area (Å²) in [7, 11) is 0. The zero-order valence-corrected chi connectivity index (χ0v) is 12.5. The number of fused-ring (bicyclic) bond motifs is 1. The van der Waals surface area contributed by atoms with Gasteiger partial charge in [0.2, 0.25) is 0 Å². The Morgan fingerprint density at radius 3 is 2.65 bits per heavy atom. The molecule has 0 aliphatic carbocycles. The third-order valence-corrected chi connectivity index (χ3v) is 3.11. The summed E-state index contributed by atoms with van der Waals surface area (Å²) in [5.41, 5.74) is 0.906. The molecular weight excluding hydrogens is 313 g/mol. The topological polar surface area (TPSA) is 58.6 Å². The average Bonchev–Trinajstić information content (AvgIpc) is 2.43. The van der Waals surface area contributed by atoms with E-state index in [1.165, 1.54) is 23.1 Å². The molecule has 2 amide bonds. The first kappa shape index (κ1) is 16.9. The van der Waals surface area contributed by atoms with Crippen molar-refractivity contribution in [1.29, 1.82) is 0 Å². The van der Waals surface area contributed by atoms with Crippen molar-refractivity contribution in [3.05, 3.63) is 30.4 Å². The maximum absolute atomic E-state index is 12.3. The maximum atomic E-state index is 12.3. The van der Waals surface area contributed by atoms with Crippen LogP contribution in [0.5, 0.6) is 5.75 Å². The molecule has 0 aromatic heterocycles. The van der Waals surface area contributed by atoms with Gasteiger partial charge in [0.25, 0.3) is 5.91 Å². The van der Waals surface area contributed by atoms with Crippen molar-refractivity contribution < 1.29 is 27.5 Å². The predicted molar refractivity (Wildman–Crippen MR) is 78.4 cm³/mol. The number of carbonyl (C=O) groups excluding carboxylic acids is 2. The van der Waals surface area contributed by atoms with Crippen molar-refractivity contribution in [3.8, 4) is 5.75 Å². The van der Waals surface area contributed by atoms with Crippen LogP contribution >= 0.6 is 0 Å². The Bertz CT molecular complexity index is 670. The summed E-state index contributed by atoms with van der Waals surface area (Å²) in [6.07, 6.45) is -5.70. The SMILES string of the molecule is C=C(C)CN1C(=O)C(C)Oc2ccc(NC(=O)C(F)(F)F)cc21. The lowest BCUT2D eigenvalue weighted by Crippen LogP contribution is -2.45. The van der Waals surface area contributed by atoms with E-state index in [0.29, 0.717) is 11.3 Å². The number of hydrogen-bond acceptors (Lipinski definition) is 3.